The molecule has 0 unspecified atom stereocenters. The first-order valence-corrected chi connectivity index (χ1v) is 9.34. The third-order valence-electron chi connectivity index (χ3n) is 5.39. The fraction of sp³-hybridized carbons (Fsp3) is 0.364. The Morgan fingerprint density at radius 2 is 1.62 bits per heavy atom. The zero-order valence-corrected chi connectivity index (χ0v) is 14.9. The van der Waals surface area contributed by atoms with Gasteiger partial charge in [0.05, 0.1) is 5.56 Å². The number of aryl methyl sites for hydroxylation is 2. The predicted octanol–water partition coefficient (Wildman–Crippen LogP) is 3.31. The molecule has 0 atom stereocenters. The van der Waals surface area contributed by atoms with Crippen molar-refractivity contribution in [2.45, 2.75) is 38.6 Å². The summed E-state index contributed by atoms with van der Waals surface area (Å²) in [4.78, 5) is 26.5. The molecule has 2 aliphatic rings. The van der Waals surface area contributed by atoms with Gasteiger partial charge in [-0.1, -0.05) is 30.3 Å². The van der Waals surface area contributed by atoms with Crippen LogP contribution in [0.3, 0.4) is 0 Å². The molecule has 0 N–H and O–H groups in total. The third-order valence-corrected chi connectivity index (χ3v) is 5.39. The van der Waals surface area contributed by atoms with Crippen molar-refractivity contribution in [2.24, 2.45) is 0 Å². The summed E-state index contributed by atoms with van der Waals surface area (Å²) in [7, 11) is 0. The summed E-state index contributed by atoms with van der Waals surface area (Å²) in [5.41, 5.74) is 5.58. The van der Waals surface area contributed by atoms with Crippen LogP contribution in [0.15, 0.2) is 42.5 Å². The monoisotopic (exact) mass is 349 g/mol. The van der Waals surface area contributed by atoms with Crippen LogP contribution in [-0.4, -0.2) is 29.9 Å². The molecule has 26 heavy (non-hydrogen) atoms. The van der Waals surface area contributed by atoms with Crippen LogP contribution in [0.25, 0.3) is 0 Å². The van der Waals surface area contributed by atoms with E-state index in [2.05, 4.69) is 6.07 Å². The summed E-state index contributed by atoms with van der Waals surface area (Å²) in [6, 6.07) is 13.9. The van der Waals surface area contributed by atoms with Crippen molar-refractivity contribution < 1.29 is 14.3 Å². The van der Waals surface area contributed by atoms with Crippen molar-refractivity contribution in [1.82, 2.24) is 4.90 Å². The summed E-state index contributed by atoms with van der Waals surface area (Å²) in [5.74, 6) is -0.546. The summed E-state index contributed by atoms with van der Waals surface area (Å²) in [6.07, 6.45) is 5.33. The fourth-order valence-electron chi connectivity index (χ4n) is 3.87. The molecule has 0 saturated heterocycles. The van der Waals surface area contributed by atoms with Crippen LogP contribution < -0.4 is 0 Å². The van der Waals surface area contributed by atoms with Gasteiger partial charge < -0.3 is 9.64 Å². The minimum Gasteiger partial charge on any atom is -0.452 e. The predicted molar refractivity (Wildman–Crippen MR) is 98.9 cm³/mol. The van der Waals surface area contributed by atoms with Gasteiger partial charge in [-0.2, -0.15) is 0 Å². The first-order chi connectivity index (χ1) is 12.7. The minimum absolute atomic E-state index is 0.134. The van der Waals surface area contributed by atoms with Gasteiger partial charge in [0.1, 0.15) is 0 Å². The van der Waals surface area contributed by atoms with Gasteiger partial charge in [-0.15, -0.1) is 0 Å². The first-order valence-electron chi connectivity index (χ1n) is 9.34. The van der Waals surface area contributed by atoms with Crippen LogP contribution in [-0.2, 0) is 35.3 Å². The topological polar surface area (TPSA) is 46.6 Å². The van der Waals surface area contributed by atoms with E-state index < -0.39 is 5.97 Å². The number of amides is 1. The number of carbonyl (C=O) groups is 2. The standard InChI is InChI=1S/C22H23NO3/c24-21(23-12-11-17-6-2-4-8-20(17)14-23)15-26-22(25)19-10-9-16-5-1-3-7-18(16)13-19/h2,4,6,8-10,13H,1,3,5,7,11-12,14-15H2. The van der Waals surface area contributed by atoms with Gasteiger partial charge in [0.25, 0.3) is 5.91 Å². The van der Waals surface area contributed by atoms with Crippen molar-refractivity contribution >= 4 is 11.9 Å². The number of ether oxygens (including phenoxy) is 1. The van der Waals surface area contributed by atoms with Crippen molar-refractivity contribution in [3.05, 3.63) is 70.3 Å². The lowest BCUT2D eigenvalue weighted by Gasteiger charge is -2.28. The minimum atomic E-state index is -0.413. The van der Waals surface area contributed by atoms with Crippen molar-refractivity contribution in [2.75, 3.05) is 13.2 Å². The van der Waals surface area contributed by atoms with Crippen LogP contribution in [0.4, 0.5) is 0 Å². The average Bonchev–Trinajstić information content (AvgIpc) is 2.71. The van der Waals surface area contributed by atoms with Crippen LogP contribution in [0, 0.1) is 0 Å². The van der Waals surface area contributed by atoms with E-state index in [-0.39, 0.29) is 12.5 Å². The molecule has 134 valence electrons. The molecule has 1 amide bonds. The molecule has 0 radical (unpaired) electrons. The Balaban J connectivity index is 1.35. The van der Waals surface area contributed by atoms with Crippen LogP contribution in [0.1, 0.15) is 45.5 Å². The second-order valence-corrected chi connectivity index (χ2v) is 7.10. The van der Waals surface area contributed by atoms with Gasteiger partial charge in [0.15, 0.2) is 6.61 Å². The quantitative estimate of drug-likeness (QED) is 0.799. The molecule has 4 heteroatoms. The van der Waals surface area contributed by atoms with E-state index in [0.29, 0.717) is 18.7 Å². The second-order valence-electron chi connectivity index (χ2n) is 7.10. The van der Waals surface area contributed by atoms with E-state index in [1.807, 2.05) is 36.4 Å². The maximum absolute atomic E-state index is 12.4. The molecule has 4 rings (SSSR count). The Hall–Kier alpha value is -2.62. The fourth-order valence-corrected chi connectivity index (χ4v) is 3.87. The molecule has 2 aromatic carbocycles. The van der Waals surface area contributed by atoms with E-state index in [1.165, 1.54) is 35.1 Å². The van der Waals surface area contributed by atoms with E-state index in [4.69, 9.17) is 4.74 Å². The lowest BCUT2D eigenvalue weighted by atomic mass is 9.90. The molecule has 1 aliphatic carbocycles. The molecule has 0 spiro atoms. The Morgan fingerprint density at radius 1 is 0.885 bits per heavy atom. The van der Waals surface area contributed by atoms with E-state index in [9.17, 15) is 9.59 Å². The molecule has 4 nitrogen and oxygen atoms in total. The largest absolute Gasteiger partial charge is 0.452 e. The van der Waals surface area contributed by atoms with Gasteiger partial charge in [-0.3, -0.25) is 4.79 Å². The highest BCUT2D eigenvalue weighted by Gasteiger charge is 2.22. The van der Waals surface area contributed by atoms with Gasteiger partial charge in [0.2, 0.25) is 0 Å². The highest BCUT2D eigenvalue weighted by Crippen LogP contribution is 2.23. The Bertz CT molecular complexity index is 843. The summed E-state index contributed by atoms with van der Waals surface area (Å²) in [5, 5.41) is 0. The number of hydrogen-bond acceptors (Lipinski definition) is 3. The number of fused-ring (bicyclic) bond motifs is 2. The molecule has 0 saturated carbocycles. The van der Waals surface area contributed by atoms with Crippen molar-refractivity contribution in [3.8, 4) is 0 Å². The molecule has 0 bridgehead atoms. The SMILES string of the molecule is O=C(OCC(=O)N1CCc2ccccc2C1)c1ccc2c(c1)CCCC2. The zero-order chi connectivity index (χ0) is 17.9. The third kappa shape index (κ3) is 3.50. The number of carbonyl (C=O) groups excluding carboxylic acids is 2. The maximum atomic E-state index is 12.4. The Labute approximate surface area is 153 Å². The van der Waals surface area contributed by atoms with Crippen LogP contribution >= 0.6 is 0 Å². The molecule has 1 aliphatic heterocycles. The lowest BCUT2D eigenvalue weighted by Crippen LogP contribution is -2.38. The molecule has 0 aromatic heterocycles. The van der Waals surface area contributed by atoms with E-state index >= 15 is 0 Å². The van der Waals surface area contributed by atoms with Gasteiger partial charge >= 0.3 is 5.97 Å². The number of esters is 1. The summed E-state index contributed by atoms with van der Waals surface area (Å²) in [6.45, 7) is 1.07. The van der Waals surface area contributed by atoms with E-state index in [1.54, 1.807) is 4.90 Å². The Kier molecular flexibility index (Phi) is 4.74. The highest BCUT2D eigenvalue weighted by molar-refractivity contribution is 5.91. The van der Waals surface area contributed by atoms with Crippen molar-refractivity contribution in [3.63, 3.8) is 0 Å². The zero-order valence-electron chi connectivity index (χ0n) is 14.9. The highest BCUT2D eigenvalue weighted by atomic mass is 16.5. The van der Waals surface area contributed by atoms with Crippen LogP contribution in [0.5, 0.6) is 0 Å². The number of nitrogens with zero attached hydrogens (tertiary/aromatic N) is 1. The first kappa shape index (κ1) is 16.8. The van der Waals surface area contributed by atoms with Crippen molar-refractivity contribution in [1.29, 1.82) is 0 Å². The average molecular weight is 349 g/mol. The van der Waals surface area contributed by atoms with E-state index in [0.717, 1.165) is 19.3 Å². The Morgan fingerprint density at radius 3 is 2.46 bits per heavy atom. The number of rotatable bonds is 3. The number of hydrogen-bond donors (Lipinski definition) is 0. The lowest BCUT2D eigenvalue weighted by molar-refractivity contribution is -0.135. The number of benzene rings is 2. The van der Waals surface area contributed by atoms with Gasteiger partial charge in [-0.25, -0.2) is 4.79 Å². The molecule has 2 aromatic rings. The summed E-state index contributed by atoms with van der Waals surface area (Å²) >= 11 is 0. The molecular formula is C22H23NO3. The second kappa shape index (κ2) is 7.32. The molecular weight excluding hydrogens is 326 g/mol. The molecule has 0 fully saturated rings. The van der Waals surface area contributed by atoms with Gasteiger partial charge in [-0.05, 0) is 66.5 Å². The normalized spacial score (nSPS) is 15.8. The maximum Gasteiger partial charge on any atom is 0.338 e. The molecule has 1 heterocycles. The van der Waals surface area contributed by atoms with Gasteiger partial charge in [0, 0.05) is 13.1 Å². The van der Waals surface area contributed by atoms with Crippen LogP contribution in [0.2, 0.25) is 0 Å². The smallest absolute Gasteiger partial charge is 0.338 e. The summed E-state index contributed by atoms with van der Waals surface area (Å²) < 4.78 is 5.29.